The van der Waals surface area contributed by atoms with Crippen molar-refractivity contribution in [1.82, 2.24) is 0 Å². The van der Waals surface area contributed by atoms with Gasteiger partial charge in [-0.1, -0.05) is 26.0 Å². The van der Waals surface area contributed by atoms with Crippen molar-refractivity contribution in [2.24, 2.45) is 5.92 Å². The summed E-state index contributed by atoms with van der Waals surface area (Å²) >= 11 is 0. The Morgan fingerprint density at radius 1 is 1.12 bits per heavy atom. The van der Waals surface area contributed by atoms with Crippen LogP contribution < -0.4 is 0 Å². The van der Waals surface area contributed by atoms with Crippen LogP contribution >= 0.6 is 8.58 Å². The predicted molar refractivity (Wildman–Crippen MR) is 64.9 cm³/mol. The molecule has 0 spiro atoms. The number of alkyl halides is 3. The molecular weight excluding hydrogens is 248 g/mol. The fourth-order valence-corrected chi connectivity index (χ4v) is 3.44. The summed E-state index contributed by atoms with van der Waals surface area (Å²) in [5, 5.41) is 7.34. The first-order chi connectivity index (χ1) is 7.75. The Morgan fingerprint density at radius 3 is 1.88 bits per heavy atom. The summed E-state index contributed by atoms with van der Waals surface area (Å²) in [6.45, 7) is 4.73. The van der Waals surface area contributed by atoms with E-state index in [0.29, 0.717) is 0 Å². The van der Waals surface area contributed by atoms with Crippen molar-refractivity contribution in [3.63, 3.8) is 0 Å². The molecule has 0 bridgehead atoms. The van der Waals surface area contributed by atoms with Crippen LogP contribution in [0.3, 0.4) is 0 Å². The lowest BCUT2D eigenvalue weighted by Gasteiger charge is -2.39. The van der Waals surface area contributed by atoms with Crippen molar-refractivity contribution in [2.75, 3.05) is 6.66 Å². The largest absolute Gasteiger partial charge is 0.508 e. The molecule has 1 aromatic rings. The molecule has 0 aliphatic heterocycles. The van der Waals surface area contributed by atoms with E-state index < -0.39 is 17.3 Å². The van der Waals surface area contributed by atoms with E-state index in [1.165, 1.54) is 24.3 Å². The van der Waals surface area contributed by atoms with Crippen molar-refractivity contribution >= 4 is 8.58 Å². The molecule has 2 atom stereocenters. The van der Waals surface area contributed by atoms with Gasteiger partial charge in [0.15, 0.2) is 0 Å². The summed E-state index contributed by atoms with van der Waals surface area (Å²) in [5.41, 5.74) is 0.221. The Hall–Kier alpha value is -0.760. The number of phenols is 1. The van der Waals surface area contributed by atoms with E-state index in [1.54, 1.807) is 20.5 Å². The number of phenolic OH excluding ortho intramolecular Hbond substituents is 1. The highest BCUT2D eigenvalue weighted by Gasteiger charge is 2.56. The zero-order valence-electron chi connectivity index (χ0n) is 9.97. The standard InChI is InChI=1S/C12H16F3OP/c1-8(2)11(17-3,12(13,14)15)9-4-6-10(16)7-5-9/h4-8,16-17H,1-3H3. The van der Waals surface area contributed by atoms with Gasteiger partial charge >= 0.3 is 6.18 Å². The molecule has 0 aliphatic carbocycles. The highest BCUT2D eigenvalue weighted by Crippen LogP contribution is 2.56. The van der Waals surface area contributed by atoms with Gasteiger partial charge in [-0.05, 0) is 30.3 Å². The lowest BCUT2D eigenvalue weighted by molar-refractivity contribution is -0.173. The number of hydrogen-bond acceptors (Lipinski definition) is 1. The van der Waals surface area contributed by atoms with Gasteiger partial charge < -0.3 is 5.11 Å². The predicted octanol–water partition coefficient (Wildman–Crippen LogP) is 4.11. The molecule has 96 valence electrons. The minimum atomic E-state index is -4.29. The Bertz CT molecular complexity index is 372. The average molecular weight is 264 g/mol. The molecule has 0 heterocycles. The number of aromatic hydroxyl groups is 1. The fourth-order valence-electron chi connectivity index (χ4n) is 2.12. The molecule has 0 amide bonds. The molecule has 0 aromatic heterocycles. The number of benzene rings is 1. The first-order valence-corrected chi connectivity index (χ1v) is 6.81. The average Bonchev–Trinajstić information content (AvgIpc) is 2.19. The van der Waals surface area contributed by atoms with Gasteiger partial charge in [0, 0.05) is 0 Å². The van der Waals surface area contributed by atoms with Gasteiger partial charge in [0.25, 0.3) is 0 Å². The highest BCUT2D eigenvalue weighted by atomic mass is 31.1. The zero-order valence-corrected chi connectivity index (χ0v) is 11.0. The maximum atomic E-state index is 13.4. The van der Waals surface area contributed by atoms with E-state index in [2.05, 4.69) is 0 Å². The van der Waals surface area contributed by atoms with Crippen molar-refractivity contribution in [3.8, 4) is 5.75 Å². The molecule has 0 saturated carbocycles. The highest BCUT2D eigenvalue weighted by molar-refractivity contribution is 7.38. The molecule has 0 aliphatic rings. The first-order valence-electron chi connectivity index (χ1n) is 5.31. The Kier molecular flexibility index (Phi) is 4.08. The van der Waals surface area contributed by atoms with E-state index in [1.807, 2.05) is 0 Å². The molecular formula is C12H16F3OP. The number of hydrogen-bond donors (Lipinski definition) is 1. The lowest BCUT2D eigenvalue weighted by Crippen LogP contribution is -2.42. The van der Waals surface area contributed by atoms with Crippen LogP contribution in [0.15, 0.2) is 24.3 Å². The van der Waals surface area contributed by atoms with Gasteiger partial charge in [-0.15, -0.1) is 8.58 Å². The molecule has 1 rings (SSSR count). The third-order valence-corrected chi connectivity index (χ3v) is 4.97. The summed E-state index contributed by atoms with van der Waals surface area (Å²) in [7, 11) is -0.281. The van der Waals surface area contributed by atoms with E-state index in [4.69, 9.17) is 5.11 Å². The second-order valence-corrected chi connectivity index (χ2v) is 5.55. The van der Waals surface area contributed by atoms with E-state index in [0.717, 1.165) is 0 Å². The molecule has 5 heteroatoms. The van der Waals surface area contributed by atoms with Crippen molar-refractivity contribution in [1.29, 1.82) is 0 Å². The zero-order chi connectivity index (χ0) is 13.3. The van der Waals surface area contributed by atoms with Crippen LogP contribution in [-0.4, -0.2) is 17.9 Å². The normalized spacial score (nSPS) is 16.6. The monoisotopic (exact) mass is 264 g/mol. The topological polar surface area (TPSA) is 20.2 Å². The van der Waals surface area contributed by atoms with E-state index >= 15 is 0 Å². The molecule has 0 fully saturated rings. The SMILES string of the molecule is CPC(c1ccc(O)cc1)(C(C)C)C(F)(F)F. The second kappa shape index (κ2) is 4.85. The van der Waals surface area contributed by atoms with Crippen molar-refractivity contribution in [2.45, 2.75) is 25.2 Å². The summed E-state index contributed by atoms with van der Waals surface area (Å²) in [4.78, 5) is 0. The third-order valence-electron chi connectivity index (χ3n) is 3.03. The van der Waals surface area contributed by atoms with Gasteiger partial charge in [0.1, 0.15) is 10.9 Å². The van der Waals surface area contributed by atoms with Crippen LogP contribution in [0.4, 0.5) is 13.2 Å². The van der Waals surface area contributed by atoms with Gasteiger partial charge in [0.2, 0.25) is 0 Å². The van der Waals surface area contributed by atoms with Crippen LogP contribution in [0.5, 0.6) is 5.75 Å². The second-order valence-electron chi connectivity index (χ2n) is 4.26. The van der Waals surface area contributed by atoms with Crippen molar-refractivity contribution in [3.05, 3.63) is 29.8 Å². The minimum Gasteiger partial charge on any atom is -0.508 e. The van der Waals surface area contributed by atoms with E-state index in [-0.39, 0.29) is 19.9 Å². The molecule has 1 aromatic carbocycles. The van der Waals surface area contributed by atoms with Gasteiger partial charge in [0.05, 0.1) is 0 Å². The lowest BCUT2D eigenvalue weighted by atomic mass is 9.86. The van der Waals surface area contributed by atoms with Gasteiger partial charge in [-0.2, -0.15) is 13.2 Å². The third kappa shape index (κ3) is 2.42. The number of rotatable bonds is 3. The number of halogens is 3. The van der Waals surface area contributed by atoms with Crippen molar-refractivity contribution < 1.29 is 18.3 Å². The maximum absolute atomic E-state index is 13.4. The summed E-state index contributed by atoms with van der Waals surface area (Å²) in [6.07, 6.45) is -4.29. The molecule has 0 saturated heterocycles. The van der Waals surface area contributed by atoms with Crippen LogP contribution in [-0.2, 0) is 5.16 Å². The summed E-state index contributed by atoms with van der Waals surface area (Å²) < 4.78 is 40.1. The van der Waals surface area contributed by atoms with Crippen LogP contribution in [0.2, 0.25) is 0 Å². The Balaban J connectivity index is 3.38. The smallest absolute Gasteiger partial charge is 0.402 e. The molecule has 1 N–H and O–H groups in total. The summed E-state index contributed by atoms with van der Waals surface area (Å²) in [5.74, 6) is -0.566. The van der Waals surface area contributed by atoms with Crippen LogP contribution in [0.25, 0.3) is 0 Å². The fraction of sp³-hybridized carbons (Fsp3) is 0.500. The van der Waals surface area contributed by atoms with E-state index in [9.17, 15) is 13.2 Å². The van der Waals surface area contributed by atoms with Gasteiger partial charge in [-0.3, -0.25) is 0 Å². The maximum Gasteiger partial charge on any atom is 0.402 e. The Morgan fingerprint density at radius 2 is 1.59 bits per heavy atom. The quantitative estimate of drug-likeness (QED) is 0.814. The summed E-state index contributed by atoms with van der Waals surface area (Å²) in [6, 6.07) is 5.33. The molecule has 2 unspecified atom stereocenters. The van der Waals surface area contributed by atoms with Crippen LogP contribution in [0.1, 0.15) is 19.4 Å². The van der Waals surface area contributed by atoms with Crippen LogP contribution in [0, 0.1) is 5.92 Å². The molecule has 1 nitrogen and oxygen atoms in total. The molecule has 0 radical (unpaired) electrons. The Labute approximate surface area is 101 Å². The first kappa shape index (κ1) is 14.3. The van der Waals surface area contributed by atoms with Gasteiger partial charge in [-0.25, -0.2) is 0 Å². The minimum absolute atomic E-state index is 0.0204. The molecule has 17 heavy (non-hydrogen) atoms.